The highest BCUT2D eigenvalue weighted by Crippen LogP contribution is 2.65. The Balaban J connectivity index is 1.38. The molecular weight excluding hydrogens is 516 g/mol. The molecule has 4 heterocycles. The number of carbonyl (C=O) groups excluding carboxylic acids is 1. The van der Waals surface area contributed by atoms with E-state index in [1.165, 1.54) is 11.3 Å². The van der Waals surface area contributed by atoms with Gasteiger partial charge in [0, 0.05) is 58.3 Å². The van der Waals surface area contributed by atoms with Crippen molar-refractivity contribution >= 4 is 40.7 Å². The van der Waals surface area contributed by atoms with E-state index in [1.54, 1.807) is 19.2 Å². The van der Waals surface area contributed by atoms with E-state index in [4.69, 9.17) is 26.1 Å². The first-order valence-electron chi connectivity index (χ1n) is 12.4. The van der Waals surface area contributed by atoms with Crippen LogP contribution >= 0.6 is 22.9 Å². The van der Waals surface area contributed by atoms with Gasteiger partial charge < -0.3 is 19.9 Å². The van der Waals surface area contributed by atoms with Crippen LogP contribution in [0.3, 0.4) is 0 Å². The van der Waals surface area contributed by atoms with Crippen molar-refractivity contribution in [1.29, 1.82) is 0 Å². The molecule has 4 aliphatic rings. The maximum atomic E-state index is 13.4. The highest BCUT2D eigenvalue weighted by molar-refractivity contribution is 7.11. The molecule has 2 N–H and O–H groups in total. The highest BCUT2D eigenvalue weighted by Gasteiger charge is 2.73. The second-order valence-corrected chi connectivity index (χ2v) is 11.1. The maximum absolute atomic E-state index is 13.4. The van der Waals surface area contributed by atoms with Crippen LogP contribution < -0.4 is 5.32 Å². The molecule has 5 atom stereocenters. The Morgan fingerprint density at radius 2 is 2.19 bits per heavy atom. The third kappa shape index (κ3) is 3.89. The molecule has 9 nitrogen and oxygen atoms in total. The molecule has 1 saturated carbocycles. The zero-order valence-corrected chi connectivity index (χ0v) is 21.8. The number of esters is 1. The van der Waals surface area contributed by atoms with E-state index >= 15 is 0 Å². The number of thiazole rings is 1. The second kappa shape index (κ2) is 9.50. The number of benzene rings is 1. The summed E-state index contributed by atoms with van der Waals surface area (Å²) in [5.41, 5.74) is 1.72. The summed E-state index contributed by atoms with van der Waals surface area (Å²) in [6, 6.07) is 7.04. The smallest absolute Gasteiger partial charge is 0.338 e. The van der Waals surface area contributed by atoms with Crippen LogP contribution in [0.4, 0.5) is 0 Å². The van der Waals surface area contributed by atoms with E-state index in [2.05, 4.69) is 15.2 Å². The molecule has 194 valence electrons. The summed E-state index contributed by atoms with van der Waals surface area (Å²) in [5, 5.41) is 15.9. The summed E-state index contributed by atoms with van der Waals surface area (Å²) in [7, 11) is 0. The molecule has 2 aromatic rings. The number of aromatic nitrogens is 1. The van der Waals surface area contributed by atoms with Gasteiger partial charge in [-0.2, -0.15) is 0 Å². The van der Waals surface area contributed by atoms with E-state index in [9.17, 15) is 14.7 Å². The van der Waals surface area contributed by atoms with E-state index in [0.717, 1.165) is 6.42 Å². The Morgan fingerprint density at radius 3 is 2.92 bits per heavy atom. The molecule has 0 bridgehead atoms. The second-order valence-electron chi connectivity index (χ2n) is 9.84. The number of piperidine rings is 1. The molecule has 1 spiro atoms. The molecule has 1 aliphatic carbocycles. The van der Waals surface area contributed by atoms with Gasteiger partial charge in [0.25, 0.3) is 0 Å². The van der Waals surface area contributed by atoms with E-state index in [0.29, 0.717) is 52.5 Å². The van der Waals surface area contributed by atoms with Crippen LogP contribution in [0.5, 0.6) is 0 Å². The summed E-state index contributed by atoms with van der Waals surface area (Å²) in [6.45, 7) is 3.61. The third-order valence-electron chi connectivity index (χ3n) is 8.15. The lowest BCUT2D eigenvalue weighted by Crippen LogP contribution is -2.80. The number of amidine groups is 1. The molecule has 3 fully saturated rings. The first kappa shape index (κ1) is 24.5. The normalized spacial score (nSPS) is 30.4. The van der Waals surface area contributed by atoms with Gasteiger partial charge in [0.2, 0.25) is 0 Å². The minimum absolute atomic E-state index is 0.106. The largest absolute Gasteiger partial charge is 0.481 e. The van der Waals surface area contributed by atoms with Gasteiger partial charge in [0.05, 0.1) is 25.4 Å². The number of nitrogens with zero attached hydrogens (tertiary/aromatic N) is 3. The number of carboxylic acid groups (broad SMARTS) is 1. The van der Waals surface area contributed by atoms with Gasteiger partial charge in [0.1, 0.15) is 6.04 Å². The van der Waals surface area contributed by atoms with Gasteiger partial charge in [0.15, 0.2) is 10.8 Å². The van der Waals surface area contributed by atoms with Gasteiger partial charge in [-0.1, -0.05) is 29.8 Å². The van der Waals surface area contributed by atoms with Gasteiger partial charge >= 0.3 is 11.9 Å². The fourth-order valence-corrected chi connectivity index (χ4v) is 7.36. The van der Waals surface area contributed by atoms with E-state index in [-0.39, 0.29) is 36.4 Å². The lowest BCUT2D eigenvalue weighted by Gasteiger charge is -2.71. The van der Waals surface area contributed by atoms with Gasteiger partial charge in [-0.15, -0.1) is 11.3 Å². The van der Waals surface area contributed by atoms with Crippen LogP contribution in [0.15, 0.2) is 52.1 Å². The first-order chi connectivity index (χ1) is 17.9. The van der Waals surface area contributed by atoms with Crippen molar-refractivity contribution < 1.29 is 24.2 Å². The van der Waals surface area contributed by atoms with Gasteiger partial charge in [-0.25, -0.2) is 9.78 Å². The molecular formula is C26H27ClN4O5S. The number of hydrogen-bond donors (Lipinski definition) is 2. The van der Waals surface area contributed by atoms with Crippen molar-refractivity contribution in [2.45, 2.75) is 37.9 Å². The molecule has 1 unspecified atom stereocenters. The van der Waals surface area contributed by atoms with Crippen LogP contribution in [0, 0.1) is 11.3 Å². The number of ether oxygens (including phenoxy) is 2. The lowest BCUT2D eigenvalue weighted by molar-refractivity contribution is -0.222. The fraction of sp³-hybridized carbons (Fsp3) is 0.462. The Labute approximate surface area is 223 Å². The van der Waals surface area contributed by atoms with Crippen LogP contribution in [-0.4, -0.2) is 71.2 Å². The predicted molar refractivity (Wildman–Crippen MR) is 138 cm³/mol. The predicted octanol–water partition coefficient (Wildman–Crippen LogP) is 3.27. The van der Waals surface area contributed by atoms with Crippen LogP contribution in [-0.2, 0) is 19.1 Å². The lowest BCUT2D eigenvalue weighted by atomic mass is 9.46. The zero-order chi connectivity index (χ0) is 25.7. The average Bonchev–Trinajstić information content (AvgIpc) is 3.56. The molecule has 6 rings (SSSR count). The van der Waals surface area contributed by atoms with Crippen molar-refractivity contribution in [3.8, 4) is 0 Å². The Bertz CT molecular complexity index is 1300. The van der Waals surface area contributed by atoms with Crippen molar-refractivity contribution in [1.82, 2.24) is 15.2 Å². The summed E-state index contributed by atoms with van der Waals surface area (Å²) >= 11 is 8.06. The van der Waals surface area contributed by atoms with Gasteiger partial charge in [-0.05, 0) is 25.3 Å². The number of halogens is 1. The van der Waals surface area contributed by atoms with Crippen molar-refractivity contribution in [3.05, 3.63) is 62.7 Å². The first-order valence-corrected chi connectivity index (χ1v) is 13.6. The number of hydrogen-bond acceptors (Lipinski definition) is 9. The van der Waals surface area contributed by atoms with Crippen molar-refractivity contribution in [2.75, 3.05) is 26.4 Å². The number of nitrogens with one attached hydrogen (secondary N) is 1. The molecule has 11 heteroatoms. The molecule has 37 heavy (non-hydrogen) atoms. The minimum Gasteiger partial charge on any atom is -0.481 e. The molecule has 2 saturated heterocycles. The quantitative estimate of drug-likeness (QED) is 0.489. The number of aliphatic imine (C=N–C) groups is 1. The summed E-state index contributed by atoms with van der Waals surface area (Å²) in [5.74, 6) is -0.520. The Hall–Kier alpha value is -2.79. The van der Waals surface area contributed by atoms with Crippen molar-refractivity contribution in [2.24, 2.45) is 16.3 Å². The highest BCUT2D eigenvalue weighted by atomic mass is 35.5. The maximum Gasteiger partial charge on any atom is 0.338 e. The summed E-state index contributed by atoms with van der Waals surface area (Å²) < 4.78 is 11.4. The number of rotatable bonds is 8. The number of carbonyl (C=O) groups is 2. The topological polar surface area (TPSA) is 113 Å². The summed E-state index contributed by atoms with van der Waals surface area (Å²) in [6.07, 6.45) is 2.68. The average molecular weight is 543 g/mol. The minimum atomic E-state index is -0.768. The molecule has 1 aromatic heterocycles. The number of carboxylic acids is 1. The number of likely N-dealkylation sites (tertiary alicyclic amines) is 1. The molecule has 3 aliphatic heterocycles. The van der Waals surface area contributed by atoms with E-state index < -0.39 is 18.0 Å². The standard InChI is InChI=1S/C26H27ClN4O5S/c1-2-36-25(34)21-17(11-31-18-9-14(10-20(32)33)26(18)13-35-12-19(26)31)29-23(24-28-7-8-37-24)30-22(21)15-5-3-4-6-16(15)27/h3-8,14,18-19,22H,2,9-13H2,1H3,(H,29,30)(H,32,33)/t14-,18-,19-,22+,26?/m1/s1. The molecule has 1 aromatic carbocycles. The van der Waals surface area contributed by atoms with Crippen molar-refractivity contribution in [3.63, 3.8) is 0 Å². The molecule has 0 amide bonds. The Morgan fingerprint density at radius 1 is 1.35 bits per heavy atom. The monoisotopic (exact) mass is 542 g/mol. The van der Waals surface area contributed by atoms with Crippen LogP contribution in [0.1, 0.15) is 36.4 Å². The summed E-state index contributed by atoms with van der Waals surface area (Å²) in [4.78, 5) is 36.5. The fourth-order valence-electron chi connectivity index (χ4n) is 6.54. The van der Waals surface area contributed by atoms with Crippen LogP contribution in [0.25, 0.3) is 0 Å². The van der Waals surface area contributed by atoms with Gasteiger partial charge in [-0.3, -0.25) is 14.7 Å². The zero-order valence-electron chi connectivity index (χ0n) is 20.2. The Kier molecular flexibility index (Phi) is 6.30. The third-order valence-corrected chi connectivity index (χ3v) is 9.28. The SMILES string of the molecule is CCOC(=O)C1=C(CN2[C@@H]3COCC34[C@@H](CC(=O)O)C[C@@H]24)NC(c2nccs2)=N[C@H]1c1ccccc1Cl. The number of aliphatic carboxylic acids is 1. The molecule has 0 radical (unpaired) electrons. The van der Waals surface area contributed by atoms with Crippen LogP contribution in [0.2, 0.25) is 5.02 Å². The van der Waals surface area contributed by atoms with E-state index in [1.807, 2.05) is 23.6 Å².